The molecule has 208 valence electrons. The van der Waals surface area contributed by atoms with Crippen LogP contribution in [-0.2, 0) is 4.79 Å². The number of nitrogen functional groups attached to an aromatic ring is 3. The summed E-state index contributed by atoms with van der Waals surface area (Å²) in [6, 6.07) is 12.0. The molecule has 0 spiro atoms. The quantitative estimate of drug-likeness (QED) is 0.195. The third-order valence-electron chi connectivity index (χ3n) is 6.73. The molecule has 12 heteroatoms. The Kier molecular flexibility index (Phi) is 7.00. The van der Waals surface area contributed by atoms with E-state index in [2.05, 4.69) is 6.58 Å². The summed E-state index contributed by atoms with van der Waals surface area (Å²) in [7, 11) is 0. The fourth-order valence-corrected chi connectivity index (χ4v) is 4.81. The zero-order chi connectivity index (χ0) is 30.3. The highest BCUT2D eigenvalue weighted by molar-refractivity contribution is 6.23. The molecule has 1 atom stereocenters. The number of aliphatic carboxylic acids is 1. The maximum absolute atomic E-state index is 12.5. The summed E-state index contributed by atoms with van der Waals surface area (Å²) in [5.74, 6) is -6.94. The van der Waals surface area contributed by atoms with E-state index in [-0.39, 0.29) is 78.4 Å². The van der Waals surface area contributed by atoms with Gasteiger partial charge in [0, 0.05) is 28.3 Å². The van der Waals surface area contributed by atoms with Crippen molar-refractivity contribution in [2.24, 2.45) is 11.7 Å². The average molecular weight is 557 g/mol. The molecule has 41 heavy (non-hydrogen) atoms. The molecule has 3 aromatic carbocycles. The molecule has 0 aliphatic heterocycles. The normalized spacial score (nSPS) is 15.1. The molecule has 1 aliphatic rings. The van der Waals surface area contributed by atoms with E-state index in [0.29, 0.717) is 0 Å². The zero-order valence-electron chi connectivity index (χ0n) is 21.2. The Labute approximate surface area is 232 Å². The van der Waals surface area contributed by atoms with Crippen LogP contribution < -0.4 is 22.9 Å². The summed E-state index contributed by atoms with van der Waals surface area (Å²) in [6.45, 7) is 3.97. The van der Waals surface area contributed by atoms with E-state index in [1.165, 1.54) is 54.6 Å². The van der Waals surface area contributed by atoms with Crippen molar-refractivity contribution in [2.75, 3.05) is 17.2 Å². The minimum absolute atomic E-state index is 0.0301. The van der Waals surface area contributed by atoms with Crippen LogP contribution in [0.1, 0.15) is 47.8 Å². The van der Waals surface area contributed by atoms with Crippen LogP contribution in [-0.4, -0.2) is 44.3 Å². The van der Waals surface area contributed by atoms with Crippen molar-refractivity contribution >= 4 is 57.7 Å². The maximum Gasteiger partial charge on any atom is 0.337 e. The van der Waals surface area contributed by atoms with Crippen molar-refractivity contribution in [2.45, 2.75) is 0 Å². The predicted molar refractivity (Wildman–Crippen MR) is 152 cm³/mol. The number of carboxylic acid groups (broad SMARTS) is 4. The number of hydrogen-bond acceptors (Lipinski definition) is 8. The Bertz CT molecular complexity index is 1770. The lowest BCUT2D eigenvalue weighted by atomic mass is 9.72. The summed E-state index contributed by atoms with van der Waals surface area (Å²) in [4.78, 5) is 48.3. The molecule has 0 saturated carbocycles. The Morgan fingerprint density at radius 2 is 0.902 bits per heavy atom. The number of rotatable bonds is 7. The average Bonchev–Trinajstić information content (AvgIpc) is 2.89. The molecule has 0 bridgehead atoms. The Morgan fingerprint density at radius 1 is 0.561 bits per heavy atom. The number of benzene rings is 3. The van der Waals surface area contributed by atoms with E-state index in [1.54, 1.807) is 0 Å². The van der Waals surface area contributed by atoms with E-state index >= 15 is 0 Å². The van der Waals surface area contributed by atoms with Crippen LogP contribution in [0.25, 0.3) is 16.7 Å². The number of hydrogen-bond donors (Lipinski definition) is 8. The van der Waals surface area contributed by atoms with Crippen molar-refractivity contribution < 1.29 is 39.6 Å². The molecule has 1 unspecified atom stereocenters. The molecule has 0 fully saturated rings. The monoisotopic (exact) mass is 556 g/mol. The SMILES string of the molecule is C=C1C(c2ccc(N)c(C(=O)O)c2)=C(c2ccc(N)c(C(=O)O)c2)C(c2ccc(N)c(C(=O)O)c2)=C(N)C1C(=O)O. The highest BCUT2D eigenvalue weighted by Gasteiger charge is 2.37. The molecular weight excluding hydrogens is 532 g/mol. The molecule has 0 heterocycles. The Morgan fingerprint density at radius 3 is 1.24 bits per heavy atom. The number of nitrogens with two attached hydrogens (primary N) is 4. The highest BCUT2D eigenvalue weighted by atomic mass is 16.4. The smallest absolute Gasteiger partial charge is 0.337 e. The molecule has 12 N–H and O–H groups in total. The van der Waals surface area contributed by atoms with Gasteiger partial charge in [0.1, 0.15) is 5.92 Å². The highest BCUT2D eigenvalue weighted by Crippen LogP contribution is 2.50. The minimum Gasteiger partial charge on any atom is -0.480 e. The van der Waals surface area contributed by atoms with Gasteiger partial charge in [-0.25, -0.2) is 14.4 Å². The van der Waals surface area contributed by atoms with E-state index in [1.807, 2.05) is 0 Å². The van der Waals surface area contributed by atoms with Gasteiger partial charge in [-0.05, 0) is 69.8 Å². The van der Waals surface area contributed by atoms with Crippen LogP contribution >= 0.6 is 0 Å². The third kappa shape index (κ3) is 4.81. The van der Waals surface area contributed by atoms with Crippen LogP contribution in [0.4, 0.5) is 17.1 Å². The summed E-state index contributed by atoms with van der Waals surface area (Å²) in [6.07, 6.45) is 0. The molecule has 0 aromatic heterocycles. The second-order valence-electron chi connectivity index (χ2n) is 9.20. The van der Waals surface area contributed by atoms with Crippen LogP contribution in [0.5, 0.6) is 0 Å². The largest absolute Gasteiger partial charge is 0.480 e. The number of carboxylic acids is 4. The molecule has 0 amide bonds. The lowest BCUT2D eigenvalue weighted by molar-refractivity contribution is -0.139. The van der Waals surface area contributed by atoms with E-state index in [9.17, 15) is 39.6 Å². The first kappa shape index (κ1) is 28.0. The van der Waals surface area contributed by atoms with Gasteiger partial charge in [-0.2, -0.15) is 0 Å². The summed E-state index contributed by atoms with van der Waals surface area (Å²) >= 11 is 0. The van der Waals surface area contributed by atoms with E-state index in [0.717, 1.165) is 0 Å². The Hall–Kier alpha value is -6.04. The standard InChI is InChI=1S/C29H24N4O8/c1-11-21(12-2-5-18(30)15(8-12)26(34)35)23(13-3-6-19(31)16(9-13)27(36)37)24(25(33)22(11)29(40)41)14-4-7-20(32)17(10-14)28(38)39/h2-10,22H,1,30-33H2,(H,34,35)(H,36,37)(H,38,39)(H,40,41). The first-order valence-electron chi connectivity index (χ1n) is 11.8. The fraction of sp³-hybridized carbons (Fsp3) is 0.0345. The maximum atomic E-state index is 12.5. The first-order valence-corrected chi connectivity index (χ1v) is 11.8. The topological polar surface area (TPSA) is 253 Å². The molecule has 4 rings (SSSR count). The van der Waals surface area contributed by atoms with Crippen molar-refractivity contribution in [3.05, 3.63) is 106 Å². The number of allylic oxidation sites excluding steroid dienone is 3. The lowest BCUT2D eigenvalue weighted by Gasteiger charge is -2.32. The first-order chi connectivity index (χ1) is 19.2. The van der Waals surface area contributed by atoms with E-state index in [4.69, 9.17) is 22.9 Å². The summed E-state index contributed by atoms with van der Waals surface area (Å²) in [5, 5.41) is 39.3. The van der Waals surface area contributed by atoms with Crippen molar-refractivity contribution in [1.82, 2.24) is 0 Å². The molecule has 3 aromatic rings. The Balaban J connectivity index is 2.23. The van der Waals surface area contributed by atoms with Gasteiger partial charge < -0.3 is 43.4 Å². The second-order valence-corrected chi connectivity index (χ2v) is 9.20. The van der Waals surface area contributed by atoms with Gasteiger partial charge in [0.15, 0.2) is 0 Å². The lowest BCUT2D eigenvalue weighted by Crippen LogP contribution is -2.28. The molecule has 0 saturated heterocycles. The van der Waals surface area contributed by atoms with Gasteiger partial charge in [0.2, 0.25) is 0 Å². The number of aromatic carboxylic acids is 3. The minimum atomic E-state index is -1.52. The molecule has 0 radical (unpaired) electrons. The number of anilines is 3. The van der Waals surface area contributed by atoms with Gasteiger partial charge in [0.25, 0.3) is 0 Å². The zero-order valence-corrected chi connectivity index (χ0v) is 21.2. The van der Waals surface area contributed by atoms with Gasteiger partial charge in [-0.15, -0.1) is 0 Å². The molecular formula is C29H24N4O8. The van der Waals surface area contributed by atoms with Gasteiger partial charge in [0.05, 0.1) is 16.7 Å². The summed E-state index contributed by atoms with van der Waals surface area (Å²) < 4.78 is 0. The second kappa shape index (κ2) is 10.3. The van der Waals surface area contributed by atoms with Crippen LogP contribution in [0, 0.1) is 5.92 Å². The summed E-state index contributed by atoms with van der Waals surface area (Å²) in [5.41, 5.74) is 23.7. The molecule has 12 nitrogen and oxygen atoms in total. The van der Waals surface area contributed by atoms with Gasteiger partial charge in [-0.3, -0.25) is 4.79 Å². The van der Waals surface area contributed by atoms with Crippen LogP contribution in [0.3, 0.4) is 0 Å². The van der Waals surface area contributed by atoms with Crippen LogP contribution in [0.2, 0.25) is 0 Å². The third-order valence-corrected chi connectivity index (χ3v) is 6.73. The number of carbonyl (C=O) groups is 4. The van der Waals surface area contributed by atoms with Crippen molar-refractivity contribution in [3.63, 3.8) is 0 Å². The predicted octanol–water partition coefficient (Wildman–Crippen LogP) is 3.08. The fourth-order valence-electron chi connectivity index (χ4n) is 4.81. The van der Waals surface area contributed by atoms with Crippen molar-refractivity contribution in [3.8, 4) is 0 Å². The van der Waals surface area contributed by atoms with Crippen molar-refractivity contribution in [1.29, 1.82) is 0 Å². The van der Waals surface area contributed by atoms with Gasteiger partial charge >= 0.3 is 23.9 Å². The van der Waals surface area contributed by atoms with Gasteiger partial charge in [-0.1, -0.05) is 24.8 Å². The molecule has 1 aliphatic carbocycles. The van der Waals surface area contributed by atoms with E-state index < -0.39 is 29.8 Å². The van der Waals surface area contributed by atoms with Crippen LogP contribution in [0.15, 0.2) is 72.4 Å².